The van der Waals surface area contributed by atoms with Gasteiger partial charge in [0.15, 0.2) is 5.78 Å². The van der Waals surface area contributed by atoms with Crippen molar-refractivity contribution in [1.29, 1.82) is 0 Å². The molecule has 123 valence electrons. The lowest BCUT2D eigenvalue weighted by atomic mass is 10.1. The molecular weight excluding hydrogens is 300 g/mol. The standard InChI is InChI=1S/C19H21N4O/c24-17(15-8-2-1-3-9-15)16-14-20-19(23-12-6-7-13-23)21-18(16)22-10-4-5-11-22/h1-3,8-9H,4-7,10-13H2. The summed E-state index contributed by atoms with van der Waals surface area (Å²) >= 11 is 0. The summed E-state index contributed by atoms with van der Waals surface area (Å²) in [4.78, 5) is 26.4. The molecule has 0 unspecified atom stereocenters. The Morgan fingerprint density at radius 1 is 0.917 bits per heavy atom. The first kappa shape index (κ1) is 15.1. The van der Waals surface area contributed by atoms with E-state index in [1.807, 2.05) is 30.3 Å². The van der Waals surface area contributed by atoms with E-state index in [-0.39, 0.29) is 5.78 Å². The fourth-order valence-corrected chi connectivity index (χ4v) is 3.43. The fourth-order valence-electron chi connectivity index (χ4n) is 3.43. The molecule has 24 heavy (non-hydrogen) atoms. The Morgan fingerprint density at radius 2 is 1.54 bits per heavy atom. The van der Waals surface area contributed by atoms with Crippen LogP contribution in [0.1, 0.15) is 41.6 Å². The molecule has 1 aromatic heterocycles. The zero-order chi connectivity index (χ0) is 16.4. The summed E-state index contributed by atoms with van der Waals surface area (Å²) in [5.41, 5.74) is 1.15. The van der Waals surface area contributed by atoms with Gasteiger partial charge in [0.05, 0.1) is 5.56 Å². The first-order valence-electron chi connectivity index (χ1n) is 8.72. The van der Waals surface area contributed by atoms with Gasteiger partial charge in [-0.3, -0.25) is 4.79 Å². The monoisotopic (exact) mass is 321 g/mol. The molecule has 2 saturated heterocycles. The van der Waals surface area contributed by atoms with E-state index in [1.54, 1.807) is 0 Å². The van der Waals surface area contributed by atoms with Crippen LogP contribution in [0.3, 0.4) is 0 Å². The molecule has 2 aliphatic heterocycles. The number of hydrogen-bond acceptors (Lipinski definition) is 5. The van der Waals surface area contributed by atoms with Gasteiger partial charge in [-0.1, -0.05) is 30.3 Å². The molecule has 0 amide bonds. The second-order valence-electron chi connectivity index (χ2n) is 6.42. The van der Waals surface area contributed by atoms with Crippen LogP contribution in [0.2, 0.25) is 0 Å². The van der Waals surface area contributed by atoms with Crippen LogP contribution in [0.5, 0.6) is 0 Å². The summed E-state index contributed by atoms with van der Waals surface area (Å²) in [6.45, 7) is 3.86. The molecule has 0 N–H and O–H groups in total. The molecule has 2 aromatic rings. The van der Waals surface area contributed by atoms with Crippen molar-refractivity contribution in [2.24, 2.45) is 0 Å². The highest BCUT2D eigenvalue weighted by Crippen LogP contribution is 2.27. The molecule has 5 heteroatoms. The molecule has 2 aliphatic rings. The summed E-state index contributed by atoms with van der Waals surface area (Å²) < 4.78 is 0. The molecule has 0 bridgehead atoms. The van der Waals surface area contributed by atoms with Crippen molar-refractivity contribution in [3.05, 3.63) is 47.7 Å². The third kappa shape index (κ3) is 2.86. The van der Waals surface area contributed by atoms with Crippen LogP contribution in [0, 0.1) is 6.20 Å². The molecule has 4 rings (SSSR count). The van der Waals surface area contributed by atoms with Crippen molar-refractivity contribution in [1.82, 2.24) is 9.97 Å². The van der Waals surface area contributed by atoms with Crippen LogP contribution in [-0.4, -0.2) is 41.9 Å². The van der Waals surface area contributed by atoms with Gasteiger partial charge in [-0.25, -0.2) is 4.98 Å². The molecular formula is C19H21N4O. The lowest BCUT2D eigenvalue weighted by Gasteiger charge is -2.22. The molecule has 3 heterocycles. The van der Waals surface area contributed by atoms with Gasteiger partial charge in [-0.05, 0) is 25.7 Å². The van der Waals surface area contributed by atoms with E-state index in [1.165, 1.54) is 12.8 Å². The van der Waals surface area contributed by atoms with Gasteiger partial charge in [0.2, 0.25) is 5.95 Å². The Morgan fingerprint density at radius 3 is 2.21 bits per heavy atom. The van der Waals surface area contributed by atoms with E-state index in [2.05, 4.69) is 21.0 Å². The van der Waals surface area contributed by atoms with E-state index in [9.17, 15) is 4.79 Å². The Labute approximate surface area is 142 Å². The van der Waals surface area contributed by atoms with Crippen LogP contribution in [0.25, 0.3) is 0 Å². The largest absolute Gasteiger partial charge is 0.356 e. The third-order valence-corrected chi connectivity index (χ3v) is 4.75. The quantitative estimate of drug-likeness (QED) is 0.811. The molecule has 0 saturated carbocycles. The molecule has 0 atom stereocenters. The zero-order valence-corrected chi connectivity index (χ0v) is 13.7. The summed E-state index contributed by atoms with van der Waals surface area (Å²) in [5.74, 6) is 1.41. The molecule has 1 aromatic carbocycles. The van der Waals surface area contributed by atoms with E-state index in [4.69, 9.17) is 4.98 Å². The SMILES string of the molecule is O=C(c1ccccc1)c1[c]nc(N2CCCC2)nc1N1CCCC1. The molecule has 0 aliphatic carbocycles. The van der Waals surface area contributed by atoms with Gasteiger partial charge < -0.3 is 9.80 Å². The van der Waals surface area contributed by atoms with Crippen LogP contribution < -0.4 is 9.80 Å². The van der Waals surface area contributed by atoms with Crippen LogP contribution in [0.4, 0.5) is 11.8 Å². The predicted molar refractivity (Wildman–Crippen MR) is 93.6 cm³/mol. The van der Waals surface area contributed by atoms with Crippen molar-refractivity contribution in [3.63, 3.8) is 0 Å². The van der Waals surface area contributed by atoms with Crippen LogP contribution in [0.15, 0.2) is 30.3 Å². The number of carbonyl (C=O) groups excluding carboxylic acids is 1. The predicted octanol–water partition coefficient (Wildman–Crippen LogP) is 2.71. The van der Waals surface area contributed by atoms with Gasteiger partial charge in [0, 0.05) is 31.7 Å². The summed E-state index contributed by atoms with van der Waals surface area (Å²) in [6, 6.07) is 9.33. The van der Waals surface area contributed by atoms with Crippen molar-refractivity contribution in [2.45, 2.75) is 25.7 Å². The van der Waals surface area contributed by atoms with E-state index in [0.29, 0.717) is 17.1 Å². The number of aromatic nitrogens is 2. The number of carbonyl (C=O) groups is 1. The number of rotatable bonds is 4. The maximum absolute atomic E-state index is 12.9. The first-order valence-corrected chi connectivity index (χ1v) is 8.72. The topological polar surface area (TPSA) is 49.3 Å². The lowest BCUT2D eigenvalue weighted by Crippen LogP contribution is -2.26. The van der Waals surface area contributed by atoms with Crippen molar-refractivity contribution >= 4 is 17.5 Å². The van der Waals surface area contributed by atoms with E-state index >= 15 is 0 Å². The Kier molecular flexibility index (Phi) is 4.15. The van der Waals surface area contributed by atoms with E-state index in [0.717, 1.165) is 44.8 Å². The number of hydrogen-bond donors (Lipinski definition) is 0. The Hall–Kier alpha value is -2.43. The maximum Gasteiger partial charge on any atom is 0.227 e. The van der Waals surface area contributed by atoms with Gasteiger partial charge in [0.1, 0.15) is 12.0 Å². The van der Waals surface area contributed by atoms with E-state index < -0.39 is 0 Å². The highest BCUT2D eigenvalue weighted by Gasteiger charge is 2.25. The highest BCUT2D eigenvalue weighted by atomic mass is 16.1. The lowest BCUT2D eigenvalue weighted by molar-refractivity contribution is 0.103. The minimum absolute atomic E-state index is 0.0505. The normalized spacial score (nSPS) is 17.5. The highest BCUT2D eigenvalue weighted by molar-refractivity contribution is 6.11. The fraction of sp³-hybridized carbons (Fsp3) is 0.421. The molecule has 5 nitrogen and oxygen atoms in total. The average molecular weight is 321 g/mol. The second-order valence-corrected chi connectivity index (χ2v) is 6.42. The molecule has 1 radical (unpaired) electrons. The van der Waals surface area contributed by atoms with Crippen molar-refractivity contribution in [3.8, 4) is 0 Å². The van der Waals surface area contributed by atoms with Gasteiger partial charge >= 0.3 is 0 Å². The minimum atomic E-state index is -0.0505. The Balaban J connectivity index is 1.73. The number of ketones is 1. The third-order valence-electron chi connectivity index (χ3n) is 4.75. The average Bonchev–Trinajstić information content (AvgIpc) is 3.35. The summed E-state index contributed by atoms with van der Waals surface area (Å²) in [7, 11) is 0. The zero-order valence-electron chi connectivity index (χ0n) is 13.7. The number of nitrogens with zero attached hydrogens (tertiary/aromatic N) is 4. The van der Waals surface area contributed by atoms with Crippen LogP contribution >= 0.6 is 0 Å². The summed E-state index contributed by atoms with van der Waals surface area (Å²) in [6.07, 6.45) is 7.64. The Bertz CT molecular complexity index is 719. The second kappa shape index (κ2) is 6.59. The summed E-state index contributed by atoms with van der Waals surface area (Å²) in [5, 5.41) is 0. The van der Waals surface area contributed by atoms with Gasteiger partial charge in [-0.15, -0.1) is 0 Å². The maximum atomic E-state index is 12.9. The molecule has 2 fully saturated rings. The smallest absolute Gasteiger partial charge is 0.227 e. The minimum Gasteiger partial charge on any atom is -0.356 e. The number of benzene rings is 1. The van der Waals surface area contributed by atoms with Gasteiger partial charge in [-0.2, -0.15) is 4.98 Å². The van der Waals surface area contributed by atoms with Crippen LogP contribution in [-0.2, 0) is 0 Å². The van der Waals surface area contributed by atoms with Crippen molar-refractivity contribution in [2.75, 3.05) is 36.0 Å². The van der Waals surface area contributed by atoms with Crippen molar-refractivity contribution < 1.29 is 4.79 Å². The first-order chi connectivity index (χ1) is 11.8. The van der Waals surface area contributed by atoms with Gasteiger partial charge in [0.25, 0.3) is 0 Å². The number of anilines is 2. The molecule has 0 spiro atoms.